The summed E-state index contributed by atoms with van der Waals surface area (Å²) in [6.07, 6.45) is 0. The van der Waals surface area contributed by atoms with Gasteiger partial charge in [0.1, 0.15) is 5.82 Å². The van der Waals surface area contributed by atoms with Crippen LogP contribution in [-0.2, 0) is 0 Å². The summed E-state index contributed by atoms with van der Waals surface area (Å²) in [6.45, 7) is 10.00. The number of carbonyl (C=O) groups excluding carboxylic acids is 1. The van der Waals surface area contributed by atoms with Crippen LogP contribution in [0.1, 0.15) is 35.3 Å². The first kappa shape index (κ1) is 20.7. The summed E-state index contributed by atoms with van der Waals surface area (Å²) in [4.78, 5) is 23.4. The number of carbonyl (C=O) groups is 1. The van der Waals surface area contributed by atoms with Gasteiger partial charge in [-0.1, -0.05) is 47.5 Å². The molecule has 1 aromatic heterocycles. The van der Waals surface area contributed by atoms with Gasteiger partial charge >= 0.3 is 0 Å². The molecule has 0 aliphatic rings. The van der Waals surface area contributed by atoms with Gasteiger partial charge in [-0.3, -0.25) is 4.79 Å². The molecule has 158 valence electrons. The van der Waals surface area contributed by atoms with E-state index in [1.54, 1.807) is 0 Å². The number of aryl methyl sites for hydroxylation is 2. The second-order valence-corrected chi connectivity index (χ2v) is 7.83. The van der Waals surface area contributed by atoms with E-state index in [1.807, 2.05) is 37.3 Å². The summed E-state index contributed by atoms with van der Waals surface area (Å²) >= 11 is 0. The Balaban J connectivity index is 1.76. The minimum atomic E-state index is -0.123. The highest BCUT2D eigenvalue weighted by Crippen LogP contribution is 2.32. The van der Waals surface area contributed by atoms with Crippen LogP contribution in [0.2, 0.25) is 0 Å². The fourth-order valence-corrected chi connectivity index (χ4v) is 3.72. The Kier molecular flexibility index (Phi) is 5.76. The number of aromatic amines is 1. The Labute approximate surface area is 183 Å². The van der Waals surface area contributed by atoms with E-state index >= 15 is 0 Å². The third kappa shape index (κ3) is 4.31. The Morgan fingerprint density at radius 2 is 1.55 bits per heavy atom. The Morgan fingerprint density at radius 3 is 2.16 bits per heavy atom. The fraction of sp³-hybridized carbons (Fsp3) is 0.231. The summed E-state index contributed by atoms with van der Waals surface area (Å²) in [5.74, 6) is 0.699. The first-order valence-electron chi connectivity index (χ1n) is 10.7. The van der Waals surface area contributed by atoms with Gasteiger partial charge in [-0.05, 0) is 52.0 Å². The number of H-pyrrole nitrogens is 1. The third-order valence-corrected chi connectivity index (χ3v) is 5.59. The van der Waals surface area contributed by atoms with E-state index in [-0.39, 0.29) is 5.91 Å². The lowest BCUT2D eigenvalue weighted by molar-refractivity contribution is 0.102. The molecule has 0 atom stereocenters. The summed E-state index contributed by atoms with van der Waals surface area (Å²) in [5, 5.41) is 3.11. The number of nitrogens with one attached hydrogen (secondary N) is 2. The van der Waals surface area contributed by atoms with Gasteiger partial charge in [0.15, 0.2) is 0 Å². The monoisotopic (exact) mass is 412 g/mol. The number of rotatable bonds is 6. The molecule has 2 N–H and O–H groups in total. The highest BCUT2D eigenvalue weighted by molar-refractivity contribution is 6.07. The lowest BCUT2D eigenvalue weighted by atomic mass is 10.1. The van der Waals surface area contributed by atoms with E-state index in [1.165, 1.54) is 5.56 Å². The van der Waals surface area contributed by atoms with Crippen molar-refractivity contribution in [2.45, 2.75) is 27.7 Å². The van der Waals surface area contributed by atoms with Gasteiger partial charge in [0, 0.05) is 24.2 Å². The van der Waals surface area contributed by atoms with Gasteiger partial charge in [-0.2, -0.15) is 0 Å². The van der Waals surface area contributed by atoms with E-state index in [0.29, 0.717) is 5.56 Å². The van der Waals surface area contributed by atoms with E-state index < -0.39 is 0 Å². The zero-order chi connectivity index (χ0) is 22.0. The molecule has 0 bridgehead atoms. The predicted octanol–water partition coefficient (Wildman–Crippen LogP) is 5.95. The number of hydrogen-bond donors (Lipinski definition) is 2. The van der Waals surface area contributed by atoms with Crippen molar-refractivity contribution in [3.63, 3.8) is 0 Å². The van der Waals surface area contributed by atoms with Gasteiger partial charge in [0.05, 0.1) is 22.4 Å². The molecule has 4 aromatic rings. The van der Waals surface area contributed by atoms with Crippen LogP contribution in [0.3, 0.4) is 0 Å². The molecule has 5 nitrogen and oxygen atoms in total. The Bertz CT molecular complexity index is 1200. The first-order chi connectivity index (χ1) is 15.0. The summed E-state index contributed by atoms with van der Waals surface area (Å²) < 4.78 is 0. The molecule has 3 aromatic carbocycles. The number of aromatic nitrogens is 2. The molecule has 5 heteroatoms. The second kappa shape index (κ2) is 8.64. The van der Waals surface area contributed by atoms with Crippen LogP contribution in [0, 0.1) is 13.8 Å². The molecule has 0 radical (unpaired) electrons. The van der Waals surface area contributed by atoms with E-state index in [4.69, 9.17) is 4.98 Å². The molecule has 1 amide bonds. The second-order valence-electron chi connectivity index (χ2n) is 7.83. The van der Waals surface area contributed by atoms with Crippen LogP contribution in [0.15, 0.2) is 60.7 Å². The summed E-state index contributed by atoms with van der Waals surface area (Å²) in [7, 11) is 0. The quantitative estimate of drug-likeness (QED) is 0.412. The van der Waals surface area contributed by atoms with Crippen molar-refractivity contribution >= 4 is 28.3 Å². The largest absolute Gasteiger partial charge is 0.370 e. The van der Waals surface area contributed by atoms with Crippen molar-refractivity contribution in [3.8, 4) is 11.4 Å². The van der Waals surface area contributed by atoms with Crippen molar-refractivity contribution in [3.05, 3.63) is 77.4 Å². The normalized spacial score (nSPS) is 11.0. The molecular formula is C26H28N4O. The zero-order valence-electron chi connectivity index (χ0n) is 18.5. The molecule has 31 heavy (non-hydrogen) atoms. The molecule has 0 saturated heterocycles. The van der Waals surface area contributed by atoms with Crippen LogP contribution in [0.5, 0.6) is 0 Å². The number of imidazole rings is 1. The maximum absolute atomic E-state index is 12.9. The number of fused-ring (bicyclic) bond motifs is 1. The standard InChI is InChI=1S/C26H28N4O/c1-5-30(6-2)24-16-22-21(27-25(28-22)19-11-7-17(3)8-12-19)15-23(24)29-26(31)20-13-9-18(4)10-14-20/h7-16H,5-6H2,1-4H3,(H,27,28)(H,29,31). The minimum absolute atomic E-state index is 0.123. The maximum Gasteiger partial charge on any atom is 0.255 e. The number of anilines is 2. The smallest absolute Gasteiger partial charge is 0.255 e. The average molecular weight is 413 g/mol. The molecular weight excluding hydrogens is 384 g/mol. The van der Waals surface area contributed by atoms with Gasteiger partial charge in [0.2, 0.25) is 0 Å². The van der Waals surface area contributed by atoms with Crippen molar-refractivity contribution < 1.29 is 4.79 Å². The number of hydrogen-bond acceptors (Lipinski definition) is 3. The zero-order valence-corrected chi connectivity index (χ0v) is 18.5. The molecule has 0 unspecified atom stereocenters. The van der Waals surface area contributed by atoms with E-state index in [2.05, 4.69) is 66.3 Å². The van der Waals surface area contributed by atoms with Gasteiger partial charge in [0.25, 0.3) is 5.91 Å². The lowest BCUT2D eigenvalue weighted by Crippen LogP contribution is -2.24. The van der Waals surface area contributed by atoms with Gasteiger partial charge in [-0.25, -0.2) is 4.98 Å². The van der Waals surface area contributed by atoms with Crippen LogP contribution in [0.25, 0.3) is 22.4 Å². The first-order valence-corrected chi connectivity index (χ1v) is 10.7. The summed E-state index contributed by atoms with van der Waals surface area (Å²) in [5.41, 5.74) is 7.54. The third-order valence-electron chi connectivity index (χ3n) is 5.59. The molecule has 0 aliphatic carbocycles. The highest BCUT2D eigenvalue weighted by Gasteiger charge is 2.16. The van der Waals surface area contributed by atoms with Crippen molar-refractivity contribution in [1.82, 2.24) is 9.97 Å². The van der Waals surface area contributed by atoms with Crippen LogP contribution in [-0.4, -0.2) is 29.0 Å². The average Bonchev–Trinajstić information content (AvgIpc) is 3.18. The topological polar surface area (TPSA) is 61.0 Å². The van der Waals surface area contributed by atoms with Crippen LogP contribution < -0.4 is 10.2 Å². The number of benzene rings is 3. The molecule has 0 spiro atoms. The van der Waals surface area contributed by atoms with Crippen molar-refractivity contribution in [2.75, 3.05) is 23.3 Å². The minimum Gasteiger partial charge on any atom is -0.370 e. The van der Waals surface area contributed by atoms with Crippen molar-refractivity contribution in [2.24, 2.45) is 0 Å². The fourth-order valence-electron chi connectivity index (χ4n) is 3.72. The molecule has 0 aliphatic heterocycles. The number of nitrogens with zero attached hydrogens (tertiary/aromatic N) is 2. The number of amides is 1. The van der Waals surface area contributed by atoms with Gasteiger partial charge in [-0.15, -0.1) is 0 Å². The van der Waals surface area contributed by atoms with Gasteiger partial charge < -0.3 is 15.2 Å². The SMILES string of the molecule is CCN(CC)c1cc2[nH]c(-c3ccc(C)cc3)nc2cc1NC(=O)c1ccc(C)cc1. The maximum atomic E-state index is 12.9. The van der Waals surface area contributed by atoms with Crippen LogP contribution in [0.4, 0.5) is 11.4 Å². The Morgan fingerprint density at radius 1 is 0.935 bits per heavy atom. The lowest BCUT2D eigenvalue weighted by Gasteiger charge is -2.24. The molecule has 1 heterocycles. The molecule has 0 fully saturated rings. The molecule has 4 rings (SSSR count). The Hall–Kier alpha value is -3.60. The summed E-state index contributed by atoms with van der Waals surface area (Å²) in [6, 6.07) is 19.9. The van der Waals surface area contributed by atoms with Crippen molar-refractivity contribution in [1.29, 1.82) is 0 Å². The van der Waals surface area contributed by atoms with Crippen LogP contribution >= 0.6 is 0 Å². The van der Waals surface area contributed by atoms with E-state index in [9.17, 15) is 4.79 Å². The highest BCUT2D eigenvalue weighted by atomic mass is 16.1. The van der Waals surface area contributed by atoms with E-state index in [0.717, 1.165) is 52.4 Å². The molecule has 0 saturated carbocycles. The predicted molar refractivity (Wildman–Crippen MR) is 129 cm³/mol.